The van der Waals surface area contributed by atoms with E-state index in [0.29, 0.717) is 19.6 Å². The van der Waals surface area contributed by atoms with Gasteiger partial charge in [0.25, 0.3) is 0 Å². The van der Waals surface area contributed by atoms with E-state index in [4.69, 9.17) is 5.11 Å². The Hall–Kier alpha value is -2.57. The van der Waals surface area contributed by atoms with Crippen molar-refractivity contribution in [3.63, 3.8) is 0 Å². The molecule has 0 spiro atoms. The minimum absolute atomic E-state index is 0.0600. The normalized spacial score (nSPS) is 17.8. The number of amides is 2. The van der Waals surface area contributed by atoms with Crippen LogP contribution in [0.5, 0.6) is 0 Å². The number of aliphatic carboxylic acids is 1. The van der Waals surface area contributed by atoms with Gasteiger partial charge in [-0.1, -0.05) is 12.1 Å². The van der Waals surface area contributed by atoms with E-state index >= 15 is 0 Å². The van der Waals surface area contributed by atoms with E-state index in [1.807, 2.05) is 18.2 Å². The summed E-state index contributed by atoms with van der Waals surface area (Å²) in [5.74, 6) is -0.735. The molecule has 1 saturated heterocycles. The molecule has 1 aliphatic heterocycles. The number of hydrogen-bond donors (Lipinski definition) is 3. The van der Waals surface area contributed by atoms with Gasteiger partial charge in [0.05, 0.1) is 11.7 Å². The van der Waals surface area contributed by atoms with Crippen molar-refractivity contribution in [1.82, 2.24) is 20.4 Å². The number of likely N-dealkylation sites (tertiary alicyclic amines) is 1. The summed E-state index contributed by atoms with van der Waals surface area (Å²) in [5.41, 5.74) is 2.13. The Bertz CT molecular complexity index is 727. The summed E-state index contributed by atoms with van der Waals surface area (Å²) in [6, 6.07) is 5.98. The fourth-order valence-electron chi connectivity index (χ4n) is 3.23. The third-order valence-electron chi connectivity index (χ3n) is 4.47. The monoisotopic (exact) mass is 330 g/mol. The molecule has 2 amide bonds. The Kier molecular flexibility index (Phi) is 4.98. The number of aromatic amines is 1. The van der Waals surface area contributed by atoms with Gasteiger partial charge in [-0.05, 0) is 36.8 Å². The zero-order valence-electron chi connectivity index (χ0n) is 13.5. The highest BCUT2D eigenvalue weighted by atomic mass is 16.4. The summed E-state index contributed by atoms with van der Waals surface area (Å²) in [6.07, 6.45) is 4.40. The molecule has 0 aliphatic carbocycles. The standard InChI is InChI=1S/C17H22N4O3/c22-16(23)9-13-2-1-7-21(11-13)17(24)18-6-5-12-3-4-14-10-19-20-15(14)8-12/h3-4,8,10,13H,1-2,5-7,9,11H2,(H,18,24)(H,19,20)(H,22,23). The van der Waals surface area contributed by atoms with Gasteiger partial charge in [0, 0.05) is 31.4 Å². The van der Waals surface area contributed by atoms with Crippen LogP contribution in [0.25, 0.3) is 10.9 Å². The van der Waals surface area contributed by atoms with Crippen LogP contribution in [0.1, 0.15) is 24.8 Å². The summed E-state index contributed by atoms with van der Waals surface area (Å²) < 4.78 is 0. The lowest BCUT2D eigenvalue weighted by Gasteiger charge is -2.32. The quantitative estimate of drug-likeness (QED) is 0.781. The first-order valence-electron chi connectivity index (χ1n) is 8.28. The molecule has 1 aliphatic rings. The second-order valence-corrected chi connectivity index (χ2v) is 6.33. The Morgan fingerprint density at radius 3 is 3.12 bits per heavy atom. The second-order valence-electron chi connectivity index (χ2n) is 6.33. The van der Waals surface area contributed by atoms with Gasteiger partial charge in [-0.2, -0.15) is 5.10 Å². The average Bonchev–Trinajstić information content (AvgIpc) is 3.02. The second kappa shape index (κ2) is 7.33. The molecule has 7 heteroatoms. The SMILES string of the molecule is O=C(O)CC1CCCN(C(=O)NCCc2ccc3cn[nH]c3c2)C1. The number of piperidine rings is 1. The molecule has 7 nitrogen and oxygen atoms in total. The Morgan fingerprint density at radius 2 is 2.29 bits per heavy atom. The van der Waals surface area contributed by atoms with Gasteiger partial charge in [0.15, 0.2) is 0 Å². The number of carbonyl (C=O) groups excluding carboxylic acids is 1. The van der Waals surface area contributed by atoms with Crippen molar-refractivity contribution in [3.05, 3.63) is 30.0 Å². The van der Waals surface area contributed by atoms with E-state index in [1.165, 1.54) is 0 Å². The summed E-state index contributed by atoms with van der Waals surface area (Å²) >= 11 is 0. The maximum absolute atomic E-state index is 12.2. The summed E-state index contributed by atoms with van der Waals surface area (Å²) in [7, 11) is 0. The molecular formula is C17H22N4O3. The van der Waals surface area contributed by atoms with Crippen LogP contribution in [0, 0.1) is 5.92 Å². The zero-order chi connectivity index (χ0) is 16.9. The summed E-state index contributed by atoms with van der Waals surface area (Å²) in [5, 5.41) is 19.8. The van der Waals surface area contributed by atoms with E-state index in [9.17, 15) is 9.59 Å². The van der Waals surface area contributed by atoms with Crippen molar-refractivity contribution >= 4 is 22.9 Å². The number of rotatable bonds is 5. The Labute approximate surface area is 140 Å². The van der Waals surface area contributed by atoms with Crippen molar-refractivity contribution < 1.29 is 14.7 Å². The largest absolute Gasteiger partial charge is 0.481 e. The molecule has 3 N–H and O–H groups in total. The van der Waals surface area contributed by atoms with Crippen LogP contribution in [0.2, 0.25) is 0 Å². The predicted molar refractivity (Wildman–Crippen MR) is 89.7 cm³/mol. The van der Waals surface area contributed by atoms with Crippen LogP contribution >= 0.6 is 0 Å². The molecule has 24 heavy (non-hydrogen) atoms. The highest BCUT2D eigenvalue weighted by Crippen LogP contribution is 2.19. The molecule has 3 rings (SSSR count). The maximum Gasteiger partial charge on any atom is 0.317 e. The van der Waals surface area contributed by atoms with E-state index in [-0.39, 0.29) is 18.4 Å². The van der Waals surface area contributed by atoms with Gasteiger partial charge in [0.1, 0.15) is 0 Å². The predicted octanol–water partition coefficient (Wildman–Crippen LogP) is 2.00. The number of nitrogens with one attached hydrogen (secondary N) is 2. The fourth-order valence-corrected chi connectivity index (χ4v) is 3.23. The minimum atomic E-state index is -0.795. The van der Waals surface area contributed by atoms with E-state index in [2.05, 4.69) is 15.5 Å². The smallest absolute Gasteiger partial charge is 0.317 e. The fraction of sp³-hybridized carbons (Fsp3) is 0.471. The van der Waals surface area contributed by atoms with Crippen LogP contribution < -0.4 is 5.32 Å². The molecule has 1 fully saturated rings. The minimum Gasteiger partial charge on any atom is -0.481 e. The number of H-pyrrole nitrogens is 1. The van der Waals surface area contributed by atoms with Crippen LogP contribution in [-0.2, 0) is 11.2 Å². The zero-order valence-corrected chi connectivity index (χ0v) is 13.5. The van der Waals surface area contributed by atoms with E-state index < -0.39 is 5.97 Å². The molecule has 1 aromatic carbocycles. The van der Waals surface area contributed by atoms with Crippen molar-refractivity contribution in [2.45, 2.75) is 25.7 Å². The lowest BCUT2D eigenvalue weighted by molar-refractivity contribution is -0.138. The van der Waals surface area contributed by atoms with Crippen molar-refractivity contribution in [2.75, 3.05) is 19.6 Å². The van der Waals surface area contributed by atoms with Crippen molar-refractivity contribution in [1.29, 1.82) is 0 Å². The molecule has 2 heterocycles. The molecule has 0 saturated carbocycles. The third-order valence-corrected chi connectivity index (χ3v) is 4.47. The number of carbonyl (C=O) groups is 2. The number of benzene rings is 1. The number of aromatic nitrogens is 2. The van der Waals surface area contributed by atoms with Crippen molar-refractivity contribution in [2.24, 2.45) is 5.92 Å². The molecule has 0 bridgehead atoms. The van der Waals surface area contributed by atoms with Crippen LogP contribution in [-0.4, -0.2) is 51.8 Å². The summed E-state index contributed by atoms with van der Waals surface area (Å²) in [4.78, 5) is 24.8. The van der Waals surface area contributed by atoms with Gasteiger partial charge in [-0.15, -0.1) is 0 Å². The number of carboxylic acid groups (broad SMARTS) is 1. The number of carboxylic acids is 1. The maximum atomic E-state index is 12.2. The van der Waals surface area contributed by atoms with Gasteiger partial charge in [-0.3, -0.25) is 9.89 Å². The number of urea groups is 1. The van der Waals surface area contributed by atoms with Crippen molar-refractivity contribution in [3.8, 4) is 0 Å². The molecule has 1 unspecified atom stereocenters. The molecule has 128 valence electrons. The molecule has 0 radical (unpaired) electrons. The average molecular weight is 330 g/mol. The lowest BCUT2D eigenvalue weighted by atomic mass is 9.95. The third kappa shape index (κ3) is 4.04. The van der Waals surface area contributed by atoms with Crippen LogP contribution in [0.3, 0.4) is 0 Å². The number of hydrogen-bond acceptors (Lipinski definition) is 3. The number of nitrogens with zero attached hydrogens (tertiary/aromatic N) is 2. The van der Waals surface area contributed by atoms with Crippen LogP contribution in [0.15, 0.2) is 24.4 Å². The molecule has 1 atom stereocenters. The lowest BCUT2D eigenvalue weighted by Crippen LogP contribution is -2.46. The van der Waals surface area contributed by atoms with E-state index in [1.54, 1.807) is 11.1 Å². The highest BCUT2D eigenvalue weighted by Gasteiger charge is 2.24. The Morgan fingerprint density at radius 1 is 1.42 bits per heavy atom. The molecule has 2 aromatic rings. The first kappa shape index (κ1) is 16.3. The van der Waals surface area contributed by atoms with Crippen LogP contribution in [0.4, 0.5) is 4.79 Å². The van der Waals surface area contributed by atoms with Gasteiger partial charge < -0.3 is 15.3 Å². The topological polar surface area (TPSA) is 98.3 Å². The first-order valence-corrected chi connectivity index (χ1v) is 8.28. The van der Waals surface area contributed by atoms with Gasteiger partial charge in [-0.25, -0.2) is 4.79 Å². The van der Waals surface area contributed by atoms with Gasteiger partial charge >= 0.3 is 12.0 Å². The van der Waals surface area contributed by atoms with Gasteiger partial charge in [0.2, 0.25) is 0 Å². The highest BCUT2D eigenvalue weighted by molar-refractivity contribution is 5.78. The number of fused-ring (bicyclic) bond motifs is 1. The molecule has 1 aromatic heterocycles. The summed E-state index contributed by atoms with van der Waals surface area (Å²) in [6.45, 7) is 1.78. The first-order chi connectivity index (χ1) is 11.6. The Balaban J connectivity index is 1.47. The molecular weight excluding hydrogens is 308 g/mol. The van der Waals surface area contributed by atoms with E-state index in [0.717, 1.165) is 35.7 Å².